The number of nitrogens with zero attached hydrogens (tertiary/aromatic N) is 2. The van der Waals surface area contributed by atoms with E-state index in [4.69, 9.17) is 0 Å². The predicted molar refractivity (Wildman–Crippen MR) is 82.4 cm³/mol. The van der Waals surface area contributed by atoms with Crippen molar-refractivity contribution in [1.29, 1.82) is 0 Å². The molecule has 1 aromatic carbocycles. The van der Waals surface area contributed by atoms with Gasteiger partial charge in [0.2, 0.25) is 5.91 Å². The number of nitrogens with one attached hydrogen (secondary N) is 1. The van der Waals surface area contributed by atoms with Crippen LogP contribution in [0.3, 0.4) is 0 Å². The van der Waals surface area contributed by atoms with Gasteiger partial charge in [-0.15, -0.1) is 0 Å². The Kier molecular flexibility index (Phi) is 4.39. The van der Waals surface area contributed by atoms with Gasteiger partial charge >= 0.3 is 0 Å². The van der Waals surface area contributed by atoms with Crippen molar-refractivity contribution in [1.82, 2.24) is 9.78 Å². The Bertz CT molecular complexity index is 556. The van der Waals surface area contributed by atoms with Crippen LogP contribution in [0.2, 0.25) is 0 Å². The van der Waals surface area contributed by atoms with Gasteiger partial charge in [-0.05, 0) is 69.7 Å². The van der Waals surface area contributed by atoms with Crippen molar-refractivity contribution in [3.8, 4) is 0 Å². The van der Waals surface area contributed by atoms with Crippen molar-refractivity contribution in [2.24, 2.45) is 0 Å². The van der Waals surface area contributed by atoms with Crippen LogP contribution in [0.15, 0.2) is 41.1 Å². The molecule has 6 heteroatoms. The smallest absolute Gasteiger partial charge is 0.248 e. The third-order valence-corrected chi connectivity index (χ3v) is 3.85. The van der Waals surface area contributed by atoms with Gasteiger partial charge in [0.05, 0.1) is 5.69 Å². The van der Waals surface area contributed by atoms with Crippen LogP contribution >= 0.6 is 38.5 Å². The number of hydrogen-bond donors (Lipinski definition) is 1. The summed E-state index contributed by atoms with van der Waals surface area (Å²) in [5, 5.41) is 6.95. The molecule has 1 heterocycles. The third-order valence-electron chi connectivity index (χ3n) is 2.49. The molecule has 1 atom stereocenters. The lowest BCUT2D eigenvalue weighted by Gasteiger charge is -2.13. The van der Waals surface area contributed by atoms with E-state index in [-0.39, 0.29) is 11.9 Å². The zero-order valence-corrected chi connectivity index (χ0v) is 13.3. The minimum absolute atomic E-state index is 0.0959. The lowest BCUT2D eigenvalue weighted by atomic mass is 10.3. The van der Waals surface area contributed by atoms with E-state index in [1.54, 1.807) is 23.1 Å². The molecule has 0 aliphatic heterocycles. The molecule has 1 amide bonds. The summed E-state index contributed by atoms with van der Waals surface area (Å²) in [4.78, 5) is 12.1. The van der Waals surface area contributed by atoms with E-state index in [0.29, 0.717) is 0 Å². The van der Waals surface area contributed by atoms with Gasteiger partial charge in [-0.25, -0.2) is 0 Å². The van der Waals surface area contributed by atoms with Gasteiger partial charge in [-0.3, -0.25) is 9.48 Å². The van der Waals surface area contributed by atoms with Crippen LogP contribution in [0.5, 0.6) is 0 Å². The van der Waals surface area contributed by atoms with Gasteiger partial charge in [-0.2, -0.15) is 5.10 Å². The molecule has 2 aromatic rings. The standard InChI is InChI=1S/C12H11BrIN3O/c1-8(17-6-2-5-15-17)12(18)16-11-7-9(14)3-4-10(11)13/h2-8H,1H3,(H,16,18). The molecule has 0 spiro atoms. The molecule has 1 unspecified atom stereocenters. The number of carbonyl (C=O) groups excluding carboxylic acids is 1. The van der Waals surface area contributed by atoms with Crippen LogP contribution in [0, 0.1) is 3.57 Å². The molecule has 94 valence electrons. The molecular formula is C12H11BrIN3O. The van der Waals surface area contributed by atoms with Crippen molar-refractivity contribution < 1.29 is 4.79 Å². The number of anilines is 1. The van der Waals surface area contributed by atoms with E-state index in [9.17, 15) is 4.79 Å². The average molecular weight is 420 g/mol. The molecule has 0 fully saturated rings. The van der Waals surface area contributed by atoms with E-state index in [1.807, 2.05) is 25.1 Å². The molecule has 0 saturated heterocycles. The summed E-state index contributed by atoms with van der Waals surface area (Å²) in [6, 6.07) is 7.25. The first-order chi connectivity index (χ1) is 8.58. The van der Waals surface area contributed by atoms with Crippen molar-refractivity contribution in [3.63, 3.8) is 0 Å². The summed E-state index contributed by atoms with van der Waals surface area (Å²) in [6.07, 6.45) is 3.43. The number of hydrogen-bond acceptors (Lipinski definition) is 2. The Balaban J connectivity index is 2.14. The Morgan fingerprint density at radius 1 is 1.56 bits per heavy atom. The maximum absolute atomic E-state index is 12.1. The monoisotopic (exact) mass is 419 g/mol. The summed E-state index contributed by atoms with van der Waals surface area (Å²) >= 11 is 5.62. The van der Waals surface area contributed by atoms with E-state index in [2.05, 4.69) is 48.9 Å². The molecule has 0 aliphatic rings. The van der Waals surface area contributed by atoms with Crippen LogP contribution in [0.4, 0.5) is 5.69 Å². The predicted octanol–water partition coefficient (Wildman–Crippen LogP) is 3.45. The molecule has 1 aromatic heterocycles. The fraction of sp³-hybridized carbons (Fsp3) is 0.167. The summed E-state index contributed by atoms with van der Waals surface area (Å²) in [5.74, 6) is -0.0959. The zero-order valence-electron chi connectivity index (χ0n) is 9.60. The van der Waals surface area contributed by atoms with Gasteiger partial charge in [0, 0.05) is 20.4 Å². The number of aromatic nitrogens is 2. The van der Waals surface area contributed by atoms with Crippen molar-refractivity contribution >= 4 is 50.1 Å². The Morgan fingerprint density at radius 3 is 3.00 bits per heavy atom. The first-order valence-electron chi connectivity index (χ1n) is 5.33. The highest BCUT2D eigenvalue weighted by Crippen LogP contribution is 2.25. The van der Waals surface area contributed by atoms with Crippen LogP contribution in [-0.2, 0) is 4.79 Å². The zero-order chi connectivity index (χ0) is 13.1. The first-order valence-corrected chi connectivity index (χ1v) is 7.20. The van der Waals surface area contributed by atoms with Crippen LogP contribution in [-0.4, -0.2) is 15.7 Å². The molecule has 4 nitrogen and oxygen atoms in total. The van der Waals surface area contributed by atoms with Crippen molar-refractivity contribution in [2.75, 3.05) is 5.32 Å². The normalized spacial score (nSPS) is 12.2. The number of carbonyl (C=O) groups is 1. The summed E-state index contributed by atoms with van der Waals surface area (Å²) in [7, 11) is 0. The van der Waals surface area contributed by atoms with E-state index < -0.39 is 0 Å². The SMILES string of the molecule is CC(C(=O)Nc1cc(I)ccc1Br)n1cccn1. The second-order valence-electron chi connectivity index (χ2n) is 3.78. The summed E-state index contributed by atoms with van der Waals surface area (Å²) < 4.78 is 3.55. The van der Waals surface area contributed by atoms with Crippen LogP contribution in [0.1, 0.15) is 13.0 Å². The highest BCUT2D eigenvalue weighted by atomic mass is 127. The highest BCUT2D eigenvalue weighted by Gasteiger charge is 2.16. The first kappa shape index (κ1) is 13.5. The topological polar surface area (TPSA) is 46.9 Å². The molecule has 0 aliphatic carbocycles. The number of halogens is 2. The van der Waals surface area contributed by atoms with Gasteiger partial charge in [0.25, 0.3) is 0 Å². The molecule has 0 saturated carbocycles. The van der Waals surface area contributed by atoms with Gasteiger partial charge in [-0.1, -0.05) is 0 Å². The molecule has 2 rings (SSSR count). The molecule has 0 bridgehead atoms. The molecule has 0 radical (unpaired) electrons. The Hall–Kier alpha value is -0.890. The number of benzene rings is 1. The van der Waals surface area contributed by atoms with Crippen LogP contribution in [0.25, 0.3) is 0 Å². The molecule has 1 N–H and O–H groups in total. The van der Waals surface area contributed by atoms with E-state index in [1.165, 1.54) is 0 Å². The second-order valence-corrected chi connectivity index (χ2v) is 5.88. The fourth-order valence-electron chi connectivity index (χ4n) is 1.46. The summed E-state index contributed by atoms with van der Waals surface area (Å²) in [6.45, 7) is 1.81. The third kappa shape index (κ3) is 3.11. The number of amides is 1. The maximum Gasteiger partial charge on any atom is 0.248 e. The number of rotatable bonds is 3. The molecule has 18 heavy (non-hydrogen) atoms. The van der Waals surface area contributed by atoms with Crippen LogP contribution < -0.4 is 5.32 Å². The Labute approximate surface area is 127 Å². The second kappa shape index (κ2) is 5.83. The van der Waals surface area contributed by atoms with Gasteiger partial charge < -0.3 is 5.32 Å². The average Bonchev–Trinajstić information content (AvgIpc) is 2.86. The highest BCUT2D eigenvalue weighted by molar-refractivity contribution is 14.1. The maximum atomic E-state index is 12.1. The van der Waals surface area contributed by atoms with Gasteiger partial charge in [0.15, 0.2) is 0 Å². The molecular weight excluding hydrogens is 409 g/mol. The largest absolute Gasteiger partial charge is 0.323 e. The Morgan fingerprint density at radius 2 is 2.33 bits per heavy atom. The quantitative estimate of drug-likeness (QED) is 0.774. The van der Waals surface area contributed by atoms with Gasteiger partial charge in [0.1, 0.15) is 6.04 Å². The lowest BCUT2D eigenvalue weighted by Crippen LogP contribution is -2.24. The minimum Gasteiger partial charge on any atom is -0.323 e. The van der Waals surface area contributed by atoms with E-state index in [0.717, 1.165) is 13.7 Å². The lowest BCUT2D eigenvalue weighted by molar-refractivity contribution is -0.119. The fourth-order valence-corrected chi connectivity index (χ4v) is 2.30. The van der Waals surface area contributed by atoms with Crippen molar-refractivity contribution in [3.05, 3.63) is 44.7 Å². The summed E-state index contributed by atoms with van der Waals surface area (Å²) in [5.41, 5.74) is 0.769. The minimum atomic E-state index is -0.343. The van der Waals surface area contributed by atoms with E-state index >= 15 is 0 Å². The van der Waals surface area contributed by atoms with Crippen molar-refractivity contribution in [2.45, 2.75) is 13.0 Å².